The zero-order valence-corrected chi connectivity index (χ0v) is 12.4. The summed E-state index contributed by atoms with van der Waals surface area (Å²) < 4.78 is 6.68. The third-order valence-corrected chi connectivity index (χ3v) is 4.84. The lowest BCUT2D eigenvalue weighted by molar-refractivity contribution is -0.136. The Morgan fingerprint density at radius 2 is 2.14 bits per heavy atom. The van der Waals surface area contributed by atoms with E-state index in [2.05, 4.69) is 0 Å². The fraction of sp³-hybridized carbons (Fsp3) is 0.333. The van der Waals surface area contributed by atoms with Crippen LogP contribution in [0.15, 0.2) is 24.3 Å². The molecule has 1 aliphatic rings. The van der Waals surface area contributed by atoms with Gasteiger partial charge in [-0.05, 0) is 11.5 Å². The van der Waals surface area contributed by atoms with Crippen molar-refractivity contribution in [2.75, 3.05) is 19.7 Å². The Bertz CT molecular complexity index is 709. The van der Waals surface area contributed by atoms with Crippen molar-refractivity contribution in [3.8, 4) is 0 Å². The molecule has 1 aromatic heterocycles. The van der Waals surface area contributed by atoms with Gasteiger partial charge in [0.25, 0.3) is 0 Å². The molecule has 0 bridgehead atoms. The fourth-order valence-corrected chi connectivity index (χ4v) is 3.75. The van der Waals surface area contributed by atoms with Crippen molar-refractivity contribution in [1.29, 1.82) is 0 Å². The van der Waals surface area contributed by atoms with E-state index >= 15 is 0 Å². The maximum atomic E-state index is 11.6. The summed E-state index contributed by atoms with van der Waals surface area (Å²) in [6.45, 7) is 2.90. The summed E-state index contributed by atoms with van der Waals surface area (Å²) in [5.74, 6) is -0.963. The van der Waals surface area contributed by atoms with E-state index in [0.29, 0.717) is 30.1 Å². The molecular formula is C15H15NO4S. The highest BCUT2D eigenvalue weighted by molar-refractivity contribution is 7.21. The van der Waals surface area contributed by atoms with Gasteiger partial charge >= 0.3 is 5.97 Å². The minimum absolute atomic E-state index is 0.0142. The highest BCUT2D eigenvalue weighted by Crippen LogP contribution is 2.38. The third-order valence-electron chi connectivity index (χ3n) is 3.66. The number of rotatable bonds is 2. The van der Waals surface area contributed by atoms with E-state index in [1.807, 2.05) is 24.3 Å². The first-order chi connectivity index (χ1) is 10.1. The van der Waals surface area contributed by atoms with E-state index in [0.717, 1.165) is 10.1 Å². The summed E-state index contributed by atoms with van der Waals surface area (Å²) in [6.07, 6.45) is -0.384. The lowest BCUT2D eigenvalue weighted by atomic mass is 10.0. The number of carboxylic acid groups (broad SMARTS) is 1. The Morgan fingerprint density at radius 3 is 2.86 bits per heavy atom. The minimum Gasteiger partial charge on any atom is -0.477 e. The quantitative estimate of drug-likeness (QED) is 0.926. The number of aromatic carboxylic acids is 1. The molecule has 1 saturated heterocycles. The van der Waals surface area contributed by atoms with Gasteiger partial charge in [-0.1, -0.05) is 18.2 Å². The summed E-state index contributed by atoms with van der Waals surface area (Å²) in [5, 5.41) is 10.3. The maximum Gasteiger partial charge on any atom is 0.346 e. The van der Waals surface area contributed by atoms with Gasteiger partial charge in [-0.15, -0.1) is 11.3 Å². The van der Waals surface area contributed by atoms with Crippen LogP contribution < -0.4 is 0 Å². The molecule has 1 aliphatic heterocycles. The molecule has 3 rings (SSSR count). The van der Waals surface area contributed by atoms with Crippen LogP contribution in [-0.4, -0.2) is 41.6 Å². The van der Waals surface area contributed by atoms with Crippen LogP contribution in [0.3, 0.4) is 0 Å². The number of carbonyl (C=O) groups excluding carboxylic acids is 1. The van der Waals surface area contributed by atoms with Crippen molar-refractivity contribution in [2.45, 2.75) is 13.0 Å². The molecule has 1 N–H and O–H groups in total. The normalized spacial score (nSPS) is 18.9. The van der Waals surface area contributed by atoms with Gasteiger partial charge in [-0.25, -0.2) is 4.79 Å². The topological polar surface area (TPSA) is 66.8 Å². The van der Waals surface area contributed by atoms with Crippen LogP contribution in [0.1, 0.15) is 28.3 Å². The Hall–Kier alpha value is -1.92. The average Bonchev–Trinajstić information content (AvgIpc) is 2.87. The second-order valence-electron chi connectivity index (χ2n) is 4.97. The van der Waals surface area contributed by atoms with Gasteiger partial charge in [0.2, 0.25) is 5.91 Å². The van der Waals surface area contributed by atoms with Gasteiger partial charge in [-0.3, -0.25) is 4.79 Å². The molecule has 1 aromatic carbocycles. The number of amides is 1. The molecule has 5 nitrogen and oxygen atoms in total. The molecule has 0 aliphatic carbocycles. The Morgan fingerprint density at radius 1 is 1.38 bits per heavy atom. The van der Waals surface area contributed by atoms with Crippen LogP contribution in [0.2, 0.25) is 0 Å². The van der Waals surface area contributed by atoms with Crippen molar-refractivity contribution < 1.29 is 19.4 Å². The van der Waals surface area contributed by atoms with E-state index in [9.17, 15) is 14.7 Å². The van der Waals surface area contributed by atoms with Crippen molar-refractivity contribution >= 4 is 33.3 Å². The second-order valence-corrected chi connectivity index (χ2v) is 6.02. The number of carboxylic acids is 1. The third kappa shape index (κ3) is 2.52. The number of hydrogen-bond acceptors (Lipinski definition) is 4. The fourth-order valence-electron chi connectivity index (χ4n) is 2.65. The molecule has 0 unspecified atom stereocenters. The summed E-state index contributed by atoms with van der Waals surface area (Å²) in [5.41, 5.74) is 0.689. The van der Waals surface area contributed by atoms with Crippen LogP contribution in [0.25, 0.3) is 10.1 Å². The summed E-state index contributed by atoms with van der Waals surface area (Å²) in [6, 6.07) is 7.58. The molecule has 110 valence electrons. The van der Waals surface area contributed by atoms with Crippen LogP contribution in [0.5, 0.6) is 0 Å². The van der Waals surface area contributed by atoms with Crippen LogP contribution in [0.4, 0.5) is 0 Å². The van der Waals surface area contributed by atoms with Crippen LogP contribution in [-0.2, 0) is 9.53 Å². The Kier molecular flexibility index (Phi) is 3.65. The number of nitrogens with zero attached hydrogens (tertiary/aromatic N) is 1. The van der Waals surface area contributed by atoms with E-state index in [1.54, 1.807) is 4.90 Å². The minimum atomic E-state index is -0.949. The molecule has 1 amide bonds. The predicted molar refractivity (Wildman–Crippen MR) is 79.7 cm³/mol. The Balaban J connectivity index is 2.08. The SMILES string of the molecule is CC(=O)N1CCO[C@@H](c2c(C(=O)O)sc3ccccc23)C1. The summed E-state index contributed by atoms with van der Waals surface area (Å²) >= 11 is 1.25. The van der Waals surface area contributed by atoms with Crippen LogP contribution in [0, 0.1) is 0 Å². The molecule has 1 fully saturated rings. The van der Waals surface area contributed by atoms with Gasteiger partial charge in [0, 0.05) is 23.7 Å². The van der Waals surface area contributed by atoms with Gasteiger partial charge in [-0.2, -0.15) is 0 Å². The first-order valence-corrected chi connectivity index (χ1v) is 7.51. The van der Waals surface area contributed by atoms with E-state index in [4.69, 9.17) is 4.74 Å². The molecule has 21 heavy (non-hydrogen) atoms. The van der Waals surface area contributed by atoms with E-state index < -0.39 is 5.97 Å². The van der Waals surface area contributed by atoms with Gasteiger partial charge in [0.15, 0.2) is 0 Å². The number of ether oxygens (including phenoxy) is 1. The zero-order valence-electron chi connectivity index (χ0n) is 11.5. The van der Waals surface area contributed by atoms with Crippen molar-refractivity contribution in [3.63, 3.8) is 0 Å². The highest BCUT2D eigenvalue weighted by atomic mass is 32.1. The molecule has 1 atom stereocenters. The molecular weight excluding hydrogens is 290 g/mol. The molecule has 0 spiro atoms. The molecule has 0 saturated carbocycles. The first-order valence-electron chi connectivity index (χ1n) is 6.69. The van der Waals surface area contributed by atoms with Gasteiger partial charge < -0.3 is 14.7 Å². The predicted octanol–water partition coefficient (Wildman–Crippen LogP) is 2.52. The maximum absolute atomic E-state index is 11.6. The zero-order chi connectivity index (χ0) is 15.0. The number of carbonyl (C=O) groups is 2. The number of morpholine rings is 1. The van der Waals surface area contributed by atoms with Crippen molar-refractivity contribution in [1.82, 2.24) is 4.90 Å². The largest absolute Gasteiger partial charge is 0.477 e. The molecule has 2 heterocycles. The molecule has 2 aromatic rings. The first kappa shape index (κ1) is 14.0. The highest BCUT2D eigenvalue weighted by Gasteiger charge is 2.30. The monoisotopic (exact) mass is 305 g/mol. The Labute approximate surface area is 125 Å². The van der Waals surface area contributed by atoms with Crippen molar-refractivity contribution in [3.05, 3.63) is 34.7 Å². The smallest absolute Gasteiger partial charge is 0.346 e. The van der Waals surface area contributed by atoms with Gasteiger partial charge in [0.05, 0.1) is 13.2 Å². The van der Waals surface area contributed by atoms with E-state index in [-0.39, 0.29) is 12.0 Å². The lowest BCUT2D eigenvalue weighted by Gasteiger charge is -2.32. The summed E-state index contributed by atoms with van der Waals surface area (Å²) in [7, 11) is 0. The number of thiophene rings is 1. The summed E-state index contributed by atoms with van der Waals surface area (Å²) in [4.78, 5) is 25.1. The number of hydrogen-bond donors (Lipinski definition) is 1. The van der Waals surface area contributed by atoms with Gasteiger partial charge in [0.1, 0.15) is 11.0 Å². The van der Waals surface area contributed by atoms with Crippen LogP contribution >= 0.6 is 11.3 Å². The molecule has 6 heteroatoms. The average molecular weight is 305 g/mol. The van der Waals surface area contributed by atoms with Crippen molar-refractivity contribution in [2.24, 2.45) is 0 Å². The lowest BCUT2D eigenvalue weighted by Crippen LogP contribution is -2.41. The standard InChI is InChI=1S/C15H15NO4S/c1-9(17)16-6-7-20-11(8-16)13-10-4-2-3-5-12(10)21-14(13)15(18)19/h2-5,11H,6-8H2,1H3,(H,18,19)/t11-/m1/s1. The second kappa shape index (κ2) is 5.46. The number of fused-ring (bicyclic) bond motifs is 1. The van der Waals surface area contributed by atoms with E-state index in [1.165, 1.54) is 18.3 Å². The molecule has 0 radical (unpaired) electrons. The number of benzene rings is 1.